The number of halogens is 1. The minimum absolute atomic E-state index is 0.0768. The van der Waals surface area contributed by atoms with E-state index in [9.17, 15) is 13.2 Å². The topological polar surface area (TPSA) is 107 Å². The molecule has 0 bridgehead atoms. The molecule has 0 spiro atoms. The van der Waals surface area contributed by atoms with Crippen LogP contribution in [0.3, 0.4) is 0 Å². The van der Waals surface area contributed by atoms with Gasteiger partial charge in [-0.25, -0.2) is 18.1 Å². The number of nitrogen functional groups attached to an aromatic ring is 1. The maximum absolute atomic E-state index is 13.6. The largest absolute Gasteiger partial charge is 0.399 e. The fourth-order valence-electron chi connectivity index (χ4n) is 3.83. The summed E-state index contributed by atoms with van der Waals surface area (Å²) in [7, 11) is -3.93. The summed E-state index contributed by atoms with van der Waals surface area (Å²) in [6, 6.07) is 19.0. The van der Waals surface area contributed by atoms with Crippen molar-refractivity contribution < 1.29 is 8.42 Å². The summed E-state index contributed by atoms with van der Waals surface area (Å²) in [6.07, 6.45) is 0.416. The van der Waals surface area contributed by atoms with Gasteiger partial charge >= 0.3 is 0 Å². The molecule has 1 heterocycles. The lowest BCUT2D eigenvalue weighted by Crippen LogP contribution is -2.35. The molecule has 0 saturated heterocycles. The van der Waals surface area contributed by atoms with Crippen LogP contribution in [0, 0.1) is 5.92 Å². The third kappa shape index (κ3) is 4.99. The van der Waals surface area contributed by atoms with E-state index in [2.05, 4.69) is 4.72 Å². The van der Waals surface area contributed by atoms with E-state index in [0.29, 0.717) is 39.5 Å². The Morgan fingerprint density at radius 2 is 1.74 bits per heavy atom. The maximum atomic E-state index is 13.6. The molecule has 3 aromatic carbocycles. The number of aromatic nitrogens is 2. The van der Waals surface area contributed by atoms with Crippen molar-refractivity contribution in [1.82, 2.24) is 14.3 Å². The minimum atomic E-state index is -3.93. The van der Waals surface area contributed by atoms with Gasteiger partial charge in [-0.15, -0.1) is 0 Å². The predicted octanol–water partition coefficient (Wildman–Crippen LogP) is 4.69. The minimum Gasteiger partial charge on any atom is -0.399 e. The standard InChI is InChI=1S/C25H25ClN4O3S/c1-16(2)14-23(29-34(32,33)20-12-10-18(27)11-13-20)24-28-22-9-4-3-8-21(22)25(31)30(24)19-7-5-6-17(26)15-19/h3-13,15-16,23,29H,14,27H2,1-2H3. The van der Waals surface area contributed by atoms with Gasteiger partial charge in [-0.05, 0) is 66.9 Å². The molecule has 0 fully saturated rings. The van der Waals surface area contributed by atoms with Gasteiger partial charge in [0.05, 0.1) is 27.5 Å². The van der Waals surface area contributed by atoms with Gasteiger partial charge < -0.3 is 5.73 Å². The predicted molar refractivity (Wildman–Crippen MR) is 136 cm³/mol. The van der Waals surface area contributed by atoms with E-state index in [4.69, 9.17) is 22.3 Å². The second-order valence-electron chi connectivity index (χ2n) is 8.48. The van der Waals surface area contributed by atoms with Crippen molar-refractivity contribution in [1.29, 1.82) is 0 Å². The molecular formula is C25H25ClN4O3S. The molecule has 0 saturated carbocycles. The molecule has 4 rings (SSSR count). The summed E-state index contributed by atoms with van der Waals surface area (Å²) >= 11 is 6.22. The Morgan fingerprint density at radius 3 is 2.41 bits per heavy atom. The van der Waals surface area contributed by atoms with Crippen molar-refractivity contribution in [3.05, 3.63) is 94.0 Å². The van der Waals surface area contributed by atoms with E-state index < -0.39 is 16.1 Å². The Labute approximate surface area is 203 Å². The highest BCUT2D eigenvalue weighted by Crippen LogP contribution is 2.26. The lowest BCUT2D eigenvalue weighted by atomic mass is 10.0. The molecular weight excluding hydrogens is 472 g/mol. The zero-order chi connectivity index (χ0) is 24.5. The number of sulfonamides is 1. The van der Waals surface area contributed by atoms with Crippen molar-refractivity contribution in [2.24, 2.45) is 5.92 Å². The number of rotatable bonds is 7. The fourth-order valence-corrected chi connectivity index (χ4v) is 5.22. The van der Waals surface area contributed by atoms with Gasteiger partial charge in [0.1, 0.15) is 5.82 Å². The molecule has 3 N–H and O–H groups in total. The van der Waals surface area contributed by atoms with Gasteiger partial charge in [0.15, 0.2) is 0 Å². The van der Waals surface area contributed by atoms with E-state index in [-0.39, 0.29) is 16.4 Å². The van der Waals surface area contributed by atoms with Gasteiger partial charge in [-0.2, -0.15) is 0 Å². The monoisotopic (exact) mass is 496 g/mol. The molecule has 0 aliphatic carbocycles. The number of nitrogens with zero attached hydrogens (tertiary/aromatic N) is 2. The quantitative estimate of drug-likeness (QED) is 0.361. The van der Waals surface area contributed by atoms with Crippen LogP contribution in [0.15, 0.2) is 82.5 Å². The Bertz CT molecular complexity index is 1500. The lowest BCUT2D eigenvalue weighted by Gasteiger charge is -2.24. The number of hydrogen-bond donors (Lipinski definition) is 2. The molecule has 7 nitrogen and oxygen atoms in total. The summed E-state index contributed by atoms with van der Waals surface area (Å²) in [5.74, 6) is 0.397. The summed E-state index contributed by atoms with van der Waals surface area (Å²) < 4.78 is 30.7. The van der Waals surface area contributed by atoms with Crippen molar-refractivity contribution in [2.75, 3.05) is 5.73 Å². The fraction of sp³-hybridized carbons (Fsp3) is 0.200. The maximum Gasteiger partial charge on any atom is 0.266 e. The SMILES string of the molecule is CC(C)CC(NS(=O)(=O)c1ccc(N)cc1)c1nc2ccccc2c(=O)n1-c1cccc(Cl)c1. The van der Waals surface area contributed by atoms with E-state index in [1.54, 1.807) is 48.5 Å². The Hall–Kier alpha value is -3.20. The number of benzene rings is 3. The van der Waals surface area contributed by atoms with Crippen LogP contribution >= 0.6 is 11.6 Å². The Balaban J connectivity index is 1.94. The van der Waals surface area contributed by atoms with Crippen LogP contribution in [0.4, 0.5) is 5.69 Å². The van der Waals surface area contributed by atoms with Crippen LogP contribution in [0.2, 0.25) is 5.02 Å². The highest BCUT2D eigenvalue weighted by molar-refractivity contribution is 7.89. The summed E-state index contributed by atoms with van der Waals surface area (Å²) in [5, 5.41) is 0.877. The van der Waals surface area contributed by atoms with Crippen molar-refractivity contribution >= 4 is 38.2 Å². The average Bonchev–Trinajstić information content (AvgIpc) is 2.78. The molecule has 0 aliphatic rings. The number of nitrogens with one attached hydrogen (secondary N) is 1. The molecule has 0 amide bonds. The van der Waals surface area contributed by atoms with Crippen molar-refractivity contribution in [2.45, 2.75) is 31.2 Å². The molecule has 1 aromatic heterocycles. The smallest absolute Gasteiger partial charge is 0.266 e. The van der Waals surface area contributed by atoms with E-state index >= 15 is 0 Å². The molecule has 0 radical (unpaired) electrons. The Kier molecular flexibility index (Phi) is 6.74. The molecule has 176 valence electrons. The molecule has 4 aromatic rings. The number of nitrogens with two attached hydrogens (primary N) is 1. The van der Waals surface area contributed by atoms with Gasteiger partial charge in [0.2, 0.25) is 10.0 Å². The van der Waals surface area contributed by atoms with E-state index in [0.717, 1.165) is 0 Å². The van der Waals surface area contributed by atoms with Gasteiger partial charge in [0, 0.05) is 10.7 Å². The molecule has 1 atom stereocenters. The molecule has 9 heteroatoms. The molecule has 0 aliphatic heterocycles. The zero-order valence-corrected chi connectivity index (χ0v) is 20.3. The second kappa shape index (κ2) is 9.58. The average molecular weight is 497 g/mol. The lowest BCUT2D eigenvalue weighted by molar-refractivity contribution is 0.450. The normalized spacial score (nSPS) is 12.8. The van der Waals surface area contributed by atoms with E-state index in [1.807, 2.05) is 13.8 Å². The molecule has 1 unspecified atom stereocenters. The van der Waals surface area contributed by atoms with Crippen LogP contribution in [0.25, 0.3) is 16.6 Å². The third-order valence-corrected chi connectivity index (χ3v) is 7.10. The zero-order valence-electron chi connectivity index (χ0n) is 18.8. The number of hydrogen-bond acceptors (Lipinski definition) is 5. The highest BCUT2D eigenvalue weighted by atomic mass is 35.5. The third-order valence-electron chi connectivity index (χ3n) is 5.37. The summed E-state index contributed by atoms with van der Waals surface area (Å²) in [6.45, 7) is 3.96. The van der Waals surface area contributed by atoms with Crippen LogP contribution in [-0.2, 0) is 10.0 Å². The van der Waals surface area contributed by atoms with Crippen molar-refractivity contribution in [3.8, 4) is 5.69 Å². The van der Waals surface area contributed by atoms with Crippen LogP contribution in [0.1, 0.15) is 32.1 Å². The highest BCUT2D eigenvalue weighted by Gasteiger charge is 2.27. The van der Waals surface area contributed by atoms with Gasteiger partial charge in [-0.1, -0.05) is 43.6 Å². The first-order valence-corrected chi connectivity index (χ1v) is 12.7. The number of anilines is 1. The van der Waals surface area contributed by atoms with Crippen LogP contribution in [-0.4, -0.2) is 18.0 Å². The van der Waals surface area contributed by atoms with Crippen molar-refractivity contribution in [3.63, 3.8) is 0 Å². The van der Waals surface area contributed by atoms with Crippen LogP contribution < -0.4 is 16.0 Å². The van der Waals surface area contributed by atoms with Gasteiger partial charge in [-0.3, -0.25) is 9.36 Å². The molecule has 34 heavy (non-hydrogen) atoms. The second-order valence-corrected chi connectivity index (χ2v) is 10.6. The Morgan fingerprint density at radius 1 is 1.03 bits per heavy atom. The number of para-hydroxylation sites is 1. The number of fused-ring (bicyclic) bond motifs is 1. The van der Waals surface area contributed by atoms with Crippen LogP contribution in [0.5, 0.6) is 0 Å². The first-order chi connectivity index (χ1) is 16.2. The van der Waals surface area contributed by atoms with Gasteiger partial charge in [0.25, 0.3) is 5.56 Å². The van der Waals surface area contributed by atoms with E-state index in [1.165, 1.54) is 28.8 Å². The first-order valence-electron chi connectivity index (χ1n) is 10.8. The summed E-state index contributed by atoms with van der Waals surface area (Å²) in [5.41, 5.74) is 6.87. The first kappa shape index (κ1) is 23.9. The summed E-state index contributed by atoms with van der Waals surface area (Å²) in [4.78, 5) is 18.5.